The van der Waals surface area contributed by atoms with Crippen LogP contribution < -0.4 is 0 Å². The van der Waals surface area contributed by atoms with E-state index >= 15 is 0 Å². The average Bonchev–Trinajstić information content (AvgIpc) is 2.43. The molecule has 0 aliphatic carbocycles. The van der Waals surface area contributed by atoms with Gasteiger partial charge >= 0.3 is 5.91 Å². The van der Waals surface area contributed by atoms with Crippen molar-refractivity contribution in [3.63, 3.8) is 0 Å². The van der Waals surface area contributed by atoms with Crippen molar-refractivity contribution in [2.75, 3.05) is 0 Å². The van der Waals surface area contributed by atoms with Gasteiger partial charge in [-0.25, -0.2) is 0 Å². The van der Waals surface area contributed by atoms with Gasteiger partial charge in [-0.2, -0.15) is 16.8 Å². The highest BCUT2D eigenvalue weighted by Gasteiger charge is 2.51. The lowest BCUT2D eigenvalue weighted by Gasteiger charge is -2.11. The zero-order valence-electron chi connectivity index (χ0n) is 9.02. The zero-order valence-corrected chi connectivity index (χ0v) is 10.7. The molecule has 0 saturated carbocycles. The van der Waals surface area contributed by atoms with Gasteiger partial charge in [-0.05, 0) is 12.1 Å². The lowest BCUT2D eigenvalue weighted by Crippen LogP contribution is -2.39. The van der Waals surface area contributed by atoms with Crippen LogP contribution in [0.1, 0.15) is 6.92 Å². The van der Waals surface area contributed by atoms with Crippen molar-refractivity contribution in [2.24, 2.45) is 0 Å². The molecule has 0 aromatic heterocycles. The van der Waals surface area contributed by atoms with Gasteiger partial charge in [0.25, 0.3) is 20.0 Å². The van der Waals surface area contributed by atoms with Crippen LogP contribution in [0.5, 0.6) is 0 Å². The highest BCUT2D eigenvalue weighted by Crippen LogP contribution is 2.36. The quantitative estimate of drug-likeness (QED) is 0.645. The molecule has 0 saturated heterocycles. The van der Waals surface area contributed by atoms with Crippen LogP contribution in [0.3, 0.4) is 0 Å². The second kappa shape index (κ2) is 3.62. The summed E-state index contributed by atoms with van der Waals surface area (Å²) in [6.45, 7) is 0.802. The van der Waals surface area contributed by atoms with E-state index in [1.54, 1.807) is 0 Å². The highest BCUT2D eigenvalue weighted by molar-refractivity contribution is 8.07. The second-order valence-electron chi connectivity index (χ2n) is 3.52. The number of carbonyl (C=O) groups excluding carboxylic acids is 2. The Hall–Kier alpha value is -1.74. The monoisotopic (exact) mass is 289 g/mol. The molecule has 0 spiro atoms. The maximum Gasteiger partial charge on any atom is 0.317 e. The van der Waals surface area contributed by atoms with Gasteiger partial charge in [0.1, 0.15) is 9.79 Å². The molecule has 7 nitrogen and oxygen atoms in total. The fourth-order valence-corrected chi connectivity index (χ4v) is 5.87. The lowest BCUT2D eigenvalue weighted by molar-refractivity contribution is -0.138. The van der Waals surface area contributed by atoms with Crippen molar-refractivity contribution in [1.29, 1.82) is 0 Å². The highest BCUT2D eigenvalue weighted by atomic mass is 32.3. The van der Waals surface area contributed by atoms with Crippen molar-refractivity contribution >= 4 is 31.7 Å². The summed E-state index contributed by atoms with van der Waals surface area (Å²) in [6.07, 6.45) is 0. The van der Waals surface area contributed by atoms with E-state index in [4.69, 9.17) is 0 Å². The first-order chi connectivity index (χ1) is 8.20. The molecule has 1 aliphatic heterocycles. The minimum atomic E-state index is -4.52. The number of carbonyl (C=O) groups is 2. The summed E-state index contributed by atoms with van der Waals surface area (Å²) < 4.78 is 47.3. The molecule has 0 N–H and O–H groups in total. The van der Waals surface area contributed by atoms with E-state index in [2.05, 4.69) is 0 Å². The third-order valence-electron chi connectivity index (χ3n) is 2.31. The van der Waals surface area contributed by atoms with E-state index in [0.717, 1.165) is 19.1 Å². The topological polar surface area (TPSA) is 106 Å². The lowest BCUT2D eigenvalue weighted by atomic mass is 10.4. The normalized spacial score (nSPS) is 19.3. The number of fused-ring (bicyclic) bond motifs is 1. The van der Waals surface area contributed by atoms with Crippen molar-refractivity contribution in [1.82, 2.24) is 3.71 Å². The Labute approximate surface area is 103 Å². The Balaban J connectivity index is 2.83. The number of hydrogen-bond acceptors (Lipinski definition) is 6. The summed E-state index contributed by atoms with van der Waals surface area (Å²) in [5.41, 5.74) is 0. The van der Waals surface area contributed by atoms with Crippen LogP contribution in [-0.4, -0.2) is 32.2 Å². The molecule has 0 radical (unpaired) electrons. The van der Waals surface area contributed by atoms with Gasteiger partial charge in [-0.15, -0.1) is 3.71 Å². The molecule has 1 aliphatic rings. The summed E-state index contributed by atoms with van der Waals surface area (Å²) in [5.74, 6) is -2.76. The molecule has 0 atom stereocenters. The van der Waals surface area contributed by atoms with Crippen LogP contribution in [0, 0.1) is 0 Å². The number of nitrogens with zero attached hydrogens (tertiary/aromatic N) is 1. The maximum atomic E-state index is 11.9. The van der Waals surface area contributed by atoms with Crippen molar-refractivity contribution in [2.45, 2.75) is 16.7 Å². The molecule has 9 heteroatoms. The summed E-state index contributed by atoms with van der Waals surface area (Å²) in [4.78, 5) is 21.4. The average molecular weight is 289 g/mol. The van der Waals surface area contributed by atoms with Gasteiger partial charge in [-0.3, -0.25) is 9.59 Å². The first-order valence-electron chi connectivity index (χ1n) is 4.65. The largest absolute Gasteiger partial charge is 0.317 e. The van der Waals surface area contributed by atoms with Crippen LogP contribution >= 0.6 is 0 Å². The minimum absolute atomic E-state index is 0.354. The Morgan fingerprint density at radius 1 is 0.944 bits per heavy atom. The molecule has 0 unspecified atom stereocenters. The molecule has 1 aromatic rings. The number of rotatable bonds is 1. The molecular weight excluding hydrogens is 282 g/mol. The fourth-order valence-electron chi connectivity index (χ4n) is 1.53. The number of sulfonamides is 2. The standard InChI is InChI=1S/C9H7NO6S2/c1-6(11)9(12)10-17(13,14)7-4-2-3-5-8(7)18(10,15)16/h2-5H,1H3. The molecule has 0 bridgehead atoms. The van der Waals surface area contributed by atoms with E-state index < -0.39 is 41.5 Å². The van der Waals surface area contributed by atoms with Crippen LogP contribution in [0.15, 0.2) is 34.1 Å². The van der Waals surface area contributed by atoms with Gasteiger partial charge in [0.2, 0.25) is 5.78 Å². The van der Waals surface area contributed by atoms with Gasteiger partial charge in [0, 0.05) is 6.92 Å². The SMILES string of the molecule is CC(=O)C(=O)N1S(=O)(=O)c2ccccc2S1(=O)=O. The van der Waals surface area contributed by atoms with Gasteiger partial charge < -0.3 is 0 Å². The second-order valence-corrected chi connectivity index (χ2v) is 7.26. The number of hydrogen-bond donors (Lipinski definition) is 0. The Morgan fingerprint density at radius 3 is 1.67 bits per heavy atom. The molecule has 1 amide bonds. The number of benzene rings is 1. The van der Waals surface area contributed by atoms with Crippen molar-refractivity contribution < 1.29 is 26.4 Å². The van der Waals surface area contributed by atoms with Crippen LogP contribution in [0.4, 0.5) is 0 Å². The number of Topliss-reactive ketones (excluding diaryl/α,β-unsaturated/α-hetero) is 1. The summed E-state index contributed by atoms with van der Waals surface area (Å²) in [5, 5.41) is 0. The Morgan fingerprint density at radius 2 is 1.33 bits per heavy atom. The number of amides is 1. The zero-order chi connectivity index (χ0) is 13.7. The minimum Gasteiger partial charge on any atom is -0.289 e. The van der Waals surface area contributed by atoms with Crippen LogP contribution in [0.25, 0.3) is 0 Å². The molecule has 2 rings (SSSR count). The number of ketones is 1. The van der Waals surface area contributed by atoms with Gasteiger partial charge in [0.15, 0.2) is 0 Å². The fraction of sp³-hybridized carbons (Fsp3) is 0.111. The van der Waals surface area contributed by atoms with E-state index in [1.807, 2.05) is 0 Å². The van der Waals surface area contributed by atoms with Crippen LogP contribution in [-0.2, 0) is 29.6 Å². The third-order valence-corrected chi connectivity index (χ3v) is 6.64. The molecule has 18 heavy (non-hydrogen) atoms. The molecular formula is C9H7NO6S2. The van der Waals surface area contributed by atoms with E-state index in [-0.39, 0.29) is 3.71 Å². The molecule has 1 heterocycles. The third kappa shape index (κ3) is 1.47. The molecule has 0 fully saturated rings. The predicted molar refractivity (Wildman–Crippen MR) is 58.3 cm³/mol. The van der Waals surface area contributed by atoms with E-state index in [1.165, 1.54) is 12.1 Å². The maximum absolute atomic E-state index is 11.9. The predicted octanol–water partition coefficient (Wildman–Crippen LogP) is -0.505. The molecule has 1 aromatic carbocycles. The van der Waals surface area contributed by atoms with Crippen molar-refractivity contribution in [3.05, 3.63) is 24.3 Å². The van der Waals surface area contributed by atoms with Gasteiger partial charge in [-0.1, -0.05) is 12.1 Å². The summed E-state index contributed by atoms with van der Waals surface area (Å²) >= 11 is 0. The van der Waals surface area contributed by atoms with Crippen LogP contribution in [0.2, 0.25) is 0 Å². The first-order valence-corrected chi connectivity index (χ1v) is 7.53. The Bertz CT molecular complexity index is 709. The summed E-state index contributed by atoms with van der Waals surface area (Å²) in [6, 6.07) is 4.78. The van der Waals surface area contributed by atoms with E-state index in [0.29, 0.717) is 0 Å². The smallest absolute Gasteiger partial charge is 0.289 e. The first kappa shape index (κ1) is 12.7. The molecule has 96 valence electrons. The van der Waals surface area contributed by atoms with Gasteiger partial charge in [0.05, 0.1) is 0 Å². The van der Waals surface area contributed by atoms with E-state index in [9.17, 15) is 26.4 Å². The Kier molecular flexibility index (Phi) is 2.56. The van der Waals surface area contributed by atoms with Crippen molar-refractivity contribution in [3.8, 4) is 0 Å². The summed E-state index contributed by atoms with van der Waals surface area (Å²) in [7, 11) is -9.05.